The molecule has 0 aromatic heterocycles. The summed E-state index contributed by atoms with van der Waals surface area (Å²) in [6.07, 6.45) is 2.26. The van der Waals surface area contributed by atoms with Crippen LogP contribution in [0.1, 0.15) is 51.6 Å². The predicted molar refractivity (Wildman–Crippen MR) is 99.1 cm³/mol. The minimum absolute atomic E-state index is 0.150. The van der Waals surface area contributed by atoms with Crippen molar-refractivity contribution in [3.05, 3.63) is 46.5 Å². The molecule has 0 N–H and O–H groups in total. The van der Waals surface area contributed by atoms with E-state index in [4.69, 9.17) is 18.9 Å². The highest BCUT2D eigenvalue weighted by atomic mass is 16.6. The summed E-state index contributed by atoms with van der Waals surface area (Å²) in [6, 6.07) is 7.26. The smallest absolute Gasteiger partial charge is 0.339 e. The van der Waals surface area contributed by atoms with E-state index in [1.165, 1.54) is 14.2 Å². The van der Waals surface area contributed by atoms with Crippen LogP contribution < -0.4 is 9.47 Å². The van der Waals surface area contributed by atoms with Gasteiger partial charge in [-0.1, -0.05) is 25.5 Å². The van der Waals surface area contributed by atoms with E-state index in [0.29, 0.717) is 40.5 Å². The van der Waals surface area contributed by atoms with Crippen LogP contribution in [-0.2, 0) is 15.9 Å². The highest BCUT2D eigenvalue weighted by molar-refractivity contribution is 6.06. The molecular weight excluding hydrogens is 348 g/mol. The van der Waals surface area contributed by atoms with Crippen LogP contribution in [0.25, 0.3) is 0 Å². The second kappa shape index (κ2) is 7.70. The van der Waals surface area contributed by atoms with Crippen LogP contribution >= 0.6 is 0 Å². The van der Waals surface area contributed by atoms with Gasteiger partial charge in [0.25, 0.3) is 0 Å². The monoisotopic (exact) mass is 370 g/mol. The van der Waals surface area contributed by atoms with E-state index in [2.05, 4.69) is 0 Å². The number of carbonyl (C=O) groups excluding carboxylic acids is 2. The van der Waals surface area contributed by atoms with E-state index >= 15 is 0 Å². The number of esters is 2. The number of fused-ring (bicyclic) bond motifs is 2. The average Bonchev–Trinajstić information content (AvgIpc) is 2.70. The summed E-state index contributed by atoms with van der Waals surface area (Å²) in [6.45, 7) is 3.75. The summed E-state index contributed by atoms with van der Waals surface area (Å²) >= 11 is 0. The molecule has 0 spiro atoms. The largest absolute Gasteiger partial charge is 0.465 e. The normalized spacial score (nSPS) is 11.6. The Kier molecular flexibility index (Phi) is 5.35. The SMILES string of the molecule is CCCCc1c2c(c(C)c(C(=O)OC)c1C(=O)OC)Oc1ccccc1O2. The maximum atomic E-state index is 12.6. The molecule has 0 unspecified atom stereocenters. The van der Waals surface area contributed by atoms with Gasteiger partial charge in [0, 0.05) is 11.1 Å². The fourth-order valence-electron chi connectivity index (χ4n) is 3.22. The Bertz CT molecular complexity index is 900. The molecule has 0 saturated heterocycles. The summed E-state index contributed by atoms with van der Waals surface area (Å²) in [5.74, 6) is 0.770. The average molecular weight is 370 g/mol. The van der Waals surface area contributed by atoms with E-state index in [9.17, 15) is 9.59 Å². The maximum absolute atomic E-state index is 12.6. The summed E-state index contributed by atoms with van der Waals surface area (Å²) in [5.41, 5.74) is 1.40. The van der Waals surface area contributed by atoms with Crippen LogP contribution in [0.15, 0.2) is 24.3 Å². The number of benzene rings is 2. The van der Waals surface area contributed by atoms with E-state index in [0.717, 1.165) is 12.8 Å². The van der Waals surface area contributed by atoms with Gasteiger partial charge in [0.2, 0.25) is 0 Å². The zero-order valence-corrected chi connectivity index (χ0v) is 15.9. The number of para-hydroxylation sites is 2. The van der Waals surface area contributed by atoms with Crippen molar-refractivity contribution in [1.82, 2.24) is 0 Å². The van der Waals surface area contributed by atoms with Gasteiger partial charge in [0.05, 0.1) is 25.3 Å². The minimum Gasteiger partial charge on any atom is -0.465 e. The van der Waals surface area contributed by atoms with Crippen molar-refractivity contribution in [1.29, 1.82) is 0 Å². The predicted octanol–water partition coefficient (Wildman–Crippen LogP) is 4.81. The lowest BCUT2D eigenvalue weighted by Crippen LogP contribution is -2.19. The topological polar surface area (TPSA) is 71.1 Å². The van der Waals surface area contributed by atoms with E-state index in [-0.39, 0.29) is 11.1 Å². The first-order valence-electron chi connectivity index (χ1n) is 8.84. The molecule has 1 aliphatic heterocycles. The van der Waals surface area contributed by atoms with Gasteiger partial charge in [0.1, 0.15) is 0 Å². The van der Waals surface area contributed by atoms with Crippen LogP contribution in [0, 0.1) is 6.92 Å². The molecular formula is C21H22O6. The fourth-order valence-corrected chi connectivity index (χ4v) is 3.22. The third-order valence-corrected chi connectivity index (χ3v) is 4.58. The molecule has 2 aromatic rings. The van der Waals surface area contributed by atoms with Gasteiger partial charge in [-0.25, -0.2) is 9.59 Å². The van der Waals surface area contributed by atoms with Crippen molar-refractivity contribution >= 4 is 11.9 Å². The Morgan fingerprint density at radius 3 is 2.04 bits per heavy atom. The summed E-state index contributed by atoms with van der Waals surface area (Å²) in [4.78, 5) is 25.1. The molecule has 0 atom stereocenters. The molecule has 1 heterocycles. The minimum atomic E-state index is -0.615. The fraction of sp³-hybridized carbons (Fsp3) is 0.333. The van der Waals surface area contributed by atoms with Crippen LogP contribution in [0.5, 0.6) is 23.0 Å². The van der Waals surface area contributed by atoms with Crippen LogP contribution in [0.3, 0.4) is 0 Å². The van der Waals surface area contributed by atoms with Crippen molar-refractivity contribution in [3.63, 3.8) is 0 Å². The number of carbonyl (C=O) groups is 2. The highest BCUT2D eigenvalue weighted by Gasteiger charge is 2.34. The maximum Gasteiger partial charge on any atom is 0.339 e. The first kappa shape index (κ1) is 18.8. The Labute approximate surface area is 158 Å². The third kappa shape index (κ3) is 3.23. The van der Waals surface area contributed by atoms with E-state index < -0.39 is 11.9 Å². The number of unbranched alkanes of at least 4 members (excludes halogenated alkanes) is 1. The zero-order chi connectivity index (χ0) is 19.6. The third-order valence-electron chi connectivity index (χ3n) is 4.58. The summed E-state index contributed by atoms with van der Waals surface area (Å²) < 4.78 is 22.0. The molecule has 142 valence electrons. The molecule has 6 heteroatoms. The van der Waals surface area contributed by atoms with Crippen molar-refractivity contribution in [2.45, 2.75) is 33.1 Å². The van der Waals surface area contributed by atoms with Gasteiger partial charge in [0.15, 0.2) is 23.0 Å². The van der Waals surface area contributed by atoms with Crippen LogP contribution in [-0.4, -0.2) is 26.2 Å². The van der Waals surface area contributed by atoms with Crippen molar-refractivity contribution < 1.29 is 28.5 Å². The van der Waals surface area contributed by atoms with Crippen molar-refractivity contribution in [2.24, 2.45) is 0 Å². The quantitative estimate of drug-likeness (QED) is 0.600. The lowest BCUT2D eigenvalue weighted by Gasteiger charge is -2.27. The Morgan fingerprint density at radius 1 is 0.926 bits per heavy atom. The van der Waals surface area contributed by atoms with Crippen molar-refractivity contribution in [3.8, 4) is 23.0 Å². The molecule has 0 amide bonds. The molecule has 0 aliphatic carbocycles. The number of methoxy groups -OCH3 is 2. The second-order valence-corrected chi connectivity index (χ2v) is 6.25. The zero-order valence-electron chi connectivity index (χ0n) is 15.9. The molecule has 1 aliphatic rings. The van der Waals surface area contributed by atoms with Gasteiger partial charge < -0.3 is 18.9 Å². The molecule has 27 heavy (non-hydrogen) atoms. The molecule has 0 bridgehead atoms. The van der Waals surface area contributed by atoms with Gasteiger partial charge in [-0.3, -0.25) is 0 Å². The number of ether oxygens (including phenoxy) is 4. The molecule has 6 nitrogen and oxygen atoms in total. The molecule has 0 saturated carbocycles. The first-order chi connectivity index (χ1) is 13.0. The summed E-state index contributed by atoms with van der Waals surface area (Å²) in [7, 11) is 2.56. The van der Waals surface area contributed by atoms with Crippen LogP contribution in [0.4, 0.5) is 0 Å². The Hall–Kier alpha value is -3.02. The highest BCUT2D eigenvalue weighted by Crippen LogP contribution is 2.51. The van der Waals surface area contributed by atoms with Crippen molar-refractivity contribution in [2.75, 3.05) is 14.2 Å². The summed E-state index contributed by atoms with van der Waals surface area (Å²) in [5, 5.41) is 0. The second-order valence-electron chi connectivity index (χ2n) is 6.25. The Balaban J connectivity index is 2.31. The van der Waals surface area contributed by atoms with Crippen LogP contribution in [0.2, 0.25) is 0 Å². The number of rotatable bonds is 5. The molecule has 2 aromatic carbocycles. The van der Waals surface area contributed by atoms with E-state index in [1.807, 2.05) is 19.1 Å². The van der Waals surface area contributed by atoms with Gasteiger partial charge in [-0.05, 0) is 31.9 Å². The number of hydrogen-bond acceptors (Lipinski definition) is 6. The lowest BCUT2D eigenvalue weighted by atomic mass is 9.91. The first-order valence-corrected chi connectivity index (χ1v) is 8.84. The van der Waals surface area contributed by atoms with E-state index in [1.54, 1.807) is 19.1 Å². The lowest BCUT2D eigenvalue weighted by molar-refractivity contribution is 0.0552. The Morgan fingerprint density at radius 2 is 1.48 bits per heavy atom. The van der Waals surface area contributed by atoms with Gasteiger partial charge in [-0.2, -0.15) is 0 Å². The molecule has 0 radical (unpaired) electrons. The number of hydrogen-bond donors (Lipinski definition) is 0. The van der Waals surface area contributed by atoms with Gasteiger partial charge >= 0.3 is 11.9 Å². The molecule has 0 fully saturated rings. The molecule has 3 rings (SSSR count). The standard InChI is InChI=1S/C21H22O6/c1-5-6-9-13-17(21(23)25-4)16(20(22)24-3)12(2)18-19(13)27-15-11-8-7-10-14(15)26-18/h7-8,10-11H,5-6,9H2,1-4H3. The van der Waals surface area contributed by atoms with Gasteiger partial charge in [-0.15, -0.1) is 0 Å².